The van der Waals surface area contributed by atoms with Crippen LogP contribution in [0.1, 0.15) is 12.0 Å². The molecule has 0 aromatic heterocycles. The number of benzene rings is 1. The Balaban J connectivity index is 3.04. The van der Waals surface area contributed by atoms with E-state index in [1.54, 1.807) is 0 Å². The average molecular weight is 213 g/mol. The monoisotopic (exact) mass is 213 g/mol. The van der Waals surface area contributed by atoms with Crippen molar-refractivity contribution in [1.29, 1.82) is 0 Å². The molecule has 0 aliphatic carbocycles. The topological polar surface area (TPSA) is 26.0 Å². The summed E-state index contributed by atoms with van der Waals surface area (Å²) in [4.78, 5) is 0. The molecule has 0 unspecified atom stereocenters. The minimum Gasteiger partial charge on any atom is -0.399 e. The largest absolute Gasteiger partial charge is 0.399 e. The molecule has 0 atom stereocenters. The molecule has 14 heavy (non-hydrogen) atoms. The van der Waals surface area contributed by atoms with Crippen LogP contribution in [-0.4, -0.2) is 5.75 Å². The predicted molar refractivity (Wildman–Crippen MR) is 56.1 cm³/mol. The van der Waals surface area contributed by atoms with Crippen molar-refractivity contribution >= 4 is 18.3 Å². The predicted octanol–water partition coefficient (Wildman–Crippen LogP) is 2.22. The van der Waals surface area contributed by atoms with Crippen LogP contribution in [0.15, 0.2) is 12.1 Å². The Kier molecular flexibility index (Phi) is 3.78. The van der Waals surface area contributed by atoms with E-state index in [2.05, 4.69) is 24.5 Å². The van der Waals surface area contributed by atoms with Crippen molar-refractivity contribution in [3.8, 4) is 11.8 Å². The van der Waals surface area contributed by atoms with E-state index in [0.29, 0.717) is 12.2 Å². The average Bonchev–Trinajstić information content (AvgIpc) is 2.09. The number of anilines is 1. The van der Waals surface area contributed by atoms with E-state index in [0.717, 1.165) is 12.1 Å². The molecule has 0 amide bonds. The number of nitrogen functional groups attached to an aromatic ring is 1. The molecule has 1 aromatic carbocycles. The molecular weight excluding hydrogens is 204 g/mol. The van der Waals surface area contributed by atoms with E-state index in [9.17, 15) is 8.78 Å². The third-order valence-electron chi connectivity index (χ3n) is 1.51. The lowest BCUT2D eigenvalue weighted by Crippen LogP contribution is -1.94. The van der Waals surface area contributed by atoms with Gasteiger partial charge in [-0.3, -0.25) is 0 Å². The van der Waals surface area contributed by atoms with Crippen LogP contribution in [-0.2, 0) is 0 Å². The van der Waals surface area contributed by atoms with Crippen molar-refractivity contribution in [3.63, 3.8) is 0 Å². The summed E-state index contributed by atoms with van der Waals surface area (Å²) in [5.41, 5.74) is 5.06. The molecule has 0 aliphatic rings. The van der Waals surface area contributed by atoms with E-state index in [1.165, 1.54) is 0 Å². The third-order valence-corrected chi connectivity index (χ3v) is 1.74. The van der Waals surface area contributed by atoms with E-state index in [4.69, 9.17) is 5.73 Å². The lowest BCUT2D eigenvalue weighted by Gasteiger charge is -1.98. The van der Waals surface area contributed by atoms with Crippen molar-refractivity contribution in [2.75, 3.05) is 11.5 Å². The van der Waals surface area contributed by atoms with Crippen molar-refractivity contribution in [2.24, 2.45) is 0 Å². The minimum atomic E-state index is -0.728. The molecule has 0 saturated carbocycles. The van der Waals surface area contributed by atoms with Crippen molar-refractivity contribution in [2.45, 2.75) is 6.42 Å². The van der Waals surface area contributed by atoms with Gasteiger partial charge in [0.1, 0.15) is 11.6 Å². The van der Waals surface area contributed by atoms with Crippen LogP contribution in [0.4, 0.5) is 14.5 Å². The summed E-state index contributed by atoms with van der Waals surface area (Å²) in [6, 6.07) is 2.10. The number of halogens is 2. The van der Waals surface area contributed by atoms with Crippen LogP contribution in [0.2, 0.25) is 0 Å². The van der Waals surface area contributed by atoms with Gasteiger partial charge in [0.05, 0.1) is 5.56 Å². The zero-order valence-electron chi connectivity index (χ0n) is 7.35. The molecule has 2 N–H and O–H groups in total. The molecule has 0 spiro atoms. The van der Waals surface area contributed by atoms with Crippen molar-refractivity contribution < 1.29 is 8.78 Å². The number of hydrogen-bond donors (Lipinski definition) is 2. The third kappa shape index (κ3) is 2.64. The van der Waals surface area contributed by atoms with Crippen LogP contribution in [0, 0.1) is 23.5 Å². The molecule has 1 rings (SSSR count). The van der Waals surface area contributed by atoms with E-state index in [1.807, 2.05) is 0 Å². The highest BCUT2D eigenvalue weighted by Crippen LogP contribution is 2.15. The Bertz CT molecular complexity index is 370. The Hall–Kier alpha value is -1.21. The highest BCUT2D eigenvalue weighted by molar-refractivity contribution is 7.80. The lowest BCUT2D eigenvalue weighted by atomic mass is 10.2. The smallest absolute Gasteiger partial charge is 0.143 e. The van der Waals surface area contributed by atoms with Gasteiger partial charge in [-0.15, -0.1) is 0 Å². The number of thiol groups is 1. The molecular formula is C10H9F2NS. The van der Waals surface area contributed by atoms with E-state index < -0.39 is 11.6 Å². The van der Waals surface area contributed by atoms with Gasteiger partial charge < -0.3 is 5.73 Å². The Morgan fingerprint density at radius 1 is 1.29 bits per heavy atom. The van der Waals surface area contributed by atoms with Gasteiger partial charge in [-0.1, -0.05) is 11.8 Å². The summed E-state index contributed by atoms with van der Waals surface area (Å²) in [6.07, 6.45) is 0.492. The van der Waals surface area contributed by atoms with Gasteiger partial charge in [-0.05, 0) is 12.1 Å². The fourth-order valence-electron chi connectivity index (χ4n) is 0.919. The molecule has 0 radical (unpaired) electrons. The number of nitrogens with two attached hydrogens (primary N) is 1. The van der Waals surface area contributed by atoms with E-state index in [-0.39, 0.29) is 11.3 Å². The highest BCUT2D eigenvalue weighted by atomic mass is 32.1. The van der Waals surface area contributed by atoms with Crippen molar-refractivity contribution in [1.82, 2.24) is 0 Å². The van der Waals surface area contributed by atoms with Crippen LogP contribution < -0.4 is 5.73 Å². The fraction of sp³-hybridized carbons (Fsp3) is 0.200. The van der Waals surface area contributed by atoms with Gasteiger partial charge in [-0.25, -0.2) is 8.78 Å². The molecule has 0 saturated heterocycles. The molecule has 0 heterocycles. The second-order valence-corrected chi connectivity index (χ2v) is 3.08. The van der Waals surface area contributed by atoms with Gasteiger partial charge in [-0.2, -0.15) is 12.6 Å². The number of rotatable bonds is 1. The molecule has 1 nitrogen and oxygen atoms in total. The summed E-state index contributed by atoms with van der Waals surface area (Å²) in [6.45, 7) is 0. The summed E-state index contributed by atoms with van der Waals surface area (Å²) < 4.78 is 26.2. The van der Waals surface area contributed by atoms with Gasteiger partial charge in [0.15, 0.2) is 0 Å². The SMILES string of the molecule is Nc1cc(F)c(C#CCCS)c(F)c1. The second kappa shape index (κ2) is 4.87. The summed E-state index contributed by atoms with van der Waals surface area (Å²) in [5, 5.41) is 0. The molecule has 4 heteroatoms. The summed E-state index contributed by atoms with van der Waals surface area (Å²) in [5.74, 6) is 4.12. The van der Waals surface area contributed by atoms with Crippen LogP contribution >= 0.6 is 12.6 Å². The van der Waals surface area contributed by atoms with Crippen molar-refractivity contribution in [3.05, 3.63) is 29.3 Å². The fourth-order valence-corrected chi connectivity index (χ4v) is 1.03. The highest BCUT2D eigenvalue weighted by Gasteiger charge is 2.06. The van der Waals surface area contributed by atoms with Crippen LogP contribution in [0.3, 0.4) is 0 Å². The second-order valence-electron chi connectivity index (χ2n) is 2.63. The summed E-state index contributed by atoms with van der Waals surface area (Å²) >= 11 is 3.93. The Morgan fingerprint density at radius 2 is 1.86 bits per heavy atom. The first-order chi connectivity index (χ1) is 6.65. The zero-order chi connectivity index (χ0) is 10.6. The maximum Gasteiger partial charge on any atom is 0.143 e. The molecule has 0 aliphatic heterocycles. The standard InChI is InChI=1S/C10H9F2NS/c11-9-5-7(13)6-10(12)8(9)3-1-2-4-14/h5-6,14H,2,4,13H2. The van der Waals surface area contributed by atoms with Crippen LogP contribution in [0.25, 0.3) is 0 Å². The van der Waals surface area contributed by atoms with Gasteiger partial charge in [0.2, 0.25) is 0 Å². The molecule has 1 aromatic rings. The Morgan fingerprint density at radius 3 is 2.36 bits per heavy atom. The summed E-state index contributed by atoms with van der Waals surface area (Å²) in [7, 11) is 0. The molecule has 0 fully saturated rings. The maximum atomic E-state index is 13.1. The quantitative estimate of drug-likeness (QED) is 0.417. The molecule has 0 bridgehead atoms. The normalized spacial score (nSPS) is 9.36. The van der Waals surface area contributed by atoms with Gasteiger partial charge in [0.25, 0.3) is 0 Å². The first kappa shape index (κ1) is 10.9. The zero-order valence-corrected chi connectivity index (χ0v) is 8.24. The minimum absolute atomic E-state index is 0.0553. The first-order valence-corrected chi connectivity index (χ1v) is 4.62. The lowest BCUT2D eigenvalue weighted by molar-refractivity contribution is 0.578. The van der Waals surface area contributed by atoms with Gasteiger partial charge >= 0.3 is 0 Å². The first-order valence-electron chi connectivity index (χ1n) is 3.99. The van der Waals surface area contributed by atoms with Gasteiger partial charge in [0, 0.05) is 17.9 Å². The van der Waals surface area contributed by atoms with Crippen LogP contribution in [0.5, 0.6) is 0 Å². The maximum absolute atomic E-state index is 13.1. The Labute approximate surface area is 86.7 Å². The number of hydrogen-bond acceptors (Lipinski definition) is 2. The molecule has 74 valence electrons. The van der Waals surface area contributed by atoms with E-state index >= 15 is 0 Å².